The second kappa shape index (κ2) is 3.09. The maximum Gasteiger partial charge on any atom is 0.356 e. The van der Waals surface area contributed by atoms with Gasteiger partial charge in [0.05, 0.1) is 6.67 Å². The lowest BCUT2D eigenvalue weighted by atomic mass is 10.1. The van der Waals surface area contributed by atoms with Crippen LogP contribution in [0.1, 0.15) is 21.7 Å². The van der Waals surface area contributed by atoms with Crippen LogP contribution in [0.15, 0.2) is 0 Å². The minimum Gasteiger partial charge on any atom is -0.476 e. The van der Waals surface area contributed by atoms with Crippen LogP contribution in [0.3, 0.4) is 0 Å². The van der Waals surface area contributed by atoms with Crippen molar-refractivity contribution in [2.45, 2.75) is 20.0 Å². The lowest BCUT2D eigenvalue weighted by Gasteiger charge is -2.23. The predicted octanol–water partition coefficient (Wildman–Crippen LogP) is 0.335. The molecule has 76 valence electrons. The molecule has 0 bridgehead atoms. The highest BCUT2D eigenvalue weighted by Crippen LogP contribution is 2.17. The Labute approximate surface area is 81.9 Å². The van der Waals surface area contributed by atoms with Crippen LogP contribution in [0.4, 0.5) is 0 Å². The lowest BCUT2D eigenvalue weighted by molar-refractivity contribution is 0.0688. The molecule has 0 aromatic carbocycles. The van der Waals surface area contributed by atoms with E-state index in [-0.39, 0.29) is 5.69 Å². The number of carboxylic acid groups (broad SMARTS) is 1. The topological polar surface area (TPSA) is 58.4 Å². The van der Waals surface area contributed by atoms with E-state index in [9.17, 15) is 4.79 Å². The summed E-state index contributed by atoms with van der Waals surface area (Å²) >= 11 is 0. The fourth-order valence-corrected chi connectivity index (χ4v) is 1.82. The second-order valence-electron chi connectivity index (χ2n) is 3.70. The summed E-state index contributed by atoms with van der Waals surface area (Å²) in [5, 5.41) is 13.0. The van der Waals surface area contributed by atoms with E-state index >= 15 is 0 Å². The molecule has 0 atom stereocenters. The third kappa shape index (κ3) is 1.29. The number of likely N-dealkylation sites (N-methyl/N-ethyl adjacent to an activating group) is 1. The molecule has 5 heteroatoms. The summed E-state index contributed by atoms with van der Waals surface area (Å²) in [5.41, 5.74) is 2.06. The molecule has 2 heterocycles. The van der Waals surface area contributed by atoms with Crippen molar-refractivity contribution in [2.75, 3.05) is 13.6 Å². The van der Waals surface area contributed by atoms with Crippen molar-refractivity contribution >= 4 is 5.97 Å². The van der Waals surface area contributed by atoms with Crippen molar-refractivity contribution < 1.29 is 9.90 Å². The Bertz CT molecular complexity index is 384. The molecule has 1 N–H and O–H groups in total. The van der Waals surface area contributed by atoms with E-state index < -0.39 is 5.97 Å². The van der Waals surface area contributed by atoms with Crippen molar-refractivity contribution in [3.63, 3.8) is 0 Å². The van der Waals surface area contributed by atoms with Crippen LogP contribution >= 0.6 is 0 Å². The molecule has 0 aliphatic carbocycles. The molecule has 2 rings (SSSR count). The molecular formula is C9H13N3O2. The standard InChI is InChI=1S/C9H13N3O2/c1-6-7-3-4-11(2)5-12(7)10-8(6)9(13)14/h3-5H2,1-2H3,(H,13,14). The number of aromatic nitrogens is 2. The van der Waals surface area contributed by atoms with Gasteiger partial charge in [-0.15, -0.1) is 0 Å². The van der Waals surface area contributed by atoms with Gasteiger partial charge in [0.15, 0.2) is 5.69 Å². The average molecular weight is 195 g/mol. The Balaban J connectivity index is 2.45. The molecule has 0 spiro atoms. The molecular weight excluding hydrogens is 182 g/mol. The Morgan fingerprint density at radius 2 is 2.29 bits per heavy atom. The quantitative estimate of drug-likeness (QED) is 0.701. The SMILES string of the molecule is Cc1c(C(=O)O)nn2c1CCN(C)C2. The molecule has 0 fully saturated rings. The van der Waals surface area contributed by atoms with E-state index in [0.717, 1.165) is 24.2 Å². The van der Waals surface area contributed by atoms with Gasteiger partial charge in [0, 0.05) is 24.2 Å². The van der Waals surface area contributed by atoms with Crippen LogP contribution in [0.5, 0.6) is 0 Å². The van der Waals surface area contributed by atoms with Crippen LogP contribution in [0, 0.1) is 6.92 Å². The molecule has 0 radical (unpaired) electrons. The van der Waals surface area contributed by atoms with Gasteiger partial charge in [-0.3, -0.25) is 9.58 Å². The first-order chi connectivity index (χ1) is 6.59. The van der Waals surface area contributed by atoms with Crippen molar-refractivity contribution in [1.29, 1.82) is 0 Å². The highest BCUT2D eigenvalue weighted by molar-refractivity contribution is 5.87. The number of aromatic carboxylic acids is 1. The monoisotopic (exact) mass is 195 g/mol. The first-order valence-electron chi connectivity index (χ1n) is 4.57. The predicted molar refractivity (Wildman–Crippen MR) is 50.3 cm³/mol. The number of carbonyl (C=O) groups is 1. The van der Waals surface area contributed by atoms with Gasteiger partial charge >= 0.3 is 5.97 Å². The van der Waals surface area contributed by atoms with Crippen molar-refractivity contribution in [1.82, 2.24) is 14.7 Å². The summed E-state index contributed by atoms with van der Waals surface area (Å²) in [5.74, 6) is -0.938. The van der Waals surface area contributed by atoms with Crippen molar-refractivity contribution in [2.24, 2.45) is 0 Å². The first kappa shape index (κ1) is 9.21. The normalized spacial score (nSPS) is 16.7. The number of carboxylic acids is 1. The van der Waals surface area contributed by atoms with Gasteiger partial charge in [-0.05, 0) is 14.0 Å². The van der Waals surface area contributed by atoms with Gasteiger partial charge in [-0.1, -0.05) is 0 Å². The summed E-state index contributed by atoms with van der Waals surface area (Å²) in [4.78, 5) is 12.9. The van der Waals surface area contributed by atoms with Gasteiger partial charge in [0.1, 0.15) is 0 Å². The number of rotatable bonds is 1. The Morgan fingerprint density at radius 1 is 1.57 bits per heavy atom. The zero-order valence-electron chi connectivity index (χ0n) is 8.32. The molecule has 1 aromatic heterocycles. The molecule has 0 saturated heterocycles. The number of fused-ring (bicyclic) bond motifs is 1. The smallest absolute Gasteiger partial charge is 0.356 e. The Morgan fingerprint density at radius 3 is 2.93 bits per heavy atom. The van der Waals surface area contributed by atoms with E-state index in [1.165, 1.54) is 0 Å². The largest absolute Gasteiger partial charge is 0.476 e. The van der Waals surface area contributed by atoms with Crippen LogP contribution in [-0.2, 0) is 13.1 Å². The molecule has 1 aromatic rings. The highest BCUT2D eigenvalue weighted by Gasteiger charge is 2.22. The molecule has 0 saturated carbocycles. The van der Waals surface area contributed by atoms with Crippen LogP contribution in [-0.4, -0.2) is 39.3 Å². The number of hydrogen-bond donors (Lipinski definition) is 1. The Hall–Kier alpha value is -1.36. The molecule has 1 aliphatic rings. The molecule has 0 amide bonds. The van der Waals surface area contributed by atoms with E-state index in [2.05, 4.69) is 10.00 Å². The van der Waals surface area contributed by atoms with Crippen LogP contribution in [0.2, 0.25) is 0 Å². The summed E-state index contributed by atoms with van der Waals surface area (Å²) in [6.07, 6.45) is 0.878. The maximum absolute atomic E-state index is 10.8. The van der Waals surface area contributed by atoms with Crippen LogP contribution in [0.25, 0.3) is 0 Å². The molecule has 14 heavy (non-hydrogen) atoms. The van der Waals surface area contributed by atoms with Gasteiger partial charge in [0.2, 0.25) is 0 Å². The van der Waals surface area contributed by atoms with Crippen LogP contribution < -0.4 is 0 Å². The van der Waals surface area contributed by atoms with Gasteiger partial charge < -0.3 is 5.11 Å². The Kier molecular flexibility index (Phi) is 2.03. The molecule has 5 nitrogen and oxygen atoms in total. The highest BCUT2D eigenvalue weighted by atomic mass is 16.4. The minimum atomic E-state index is -0.938. The van der Waals surface area contributed by atoms with E-state index in [0.29, 0.717) is 6.67 Å². The minimum absolute atomic E-state index is 0.190. The van der Waals surface area contributed by atoms with Crippen molar-refractivity contribution in [3.05, 3.63) is 17.0 Å². The fraction of sp³-hybridized carbons (Fsp3) is 0.556. The van der Waals surface area contributed by atoms with E-state index in [1.807, 2.05) is 14.0 Å². The van der Waals surface area contributed by atoms with Gasteiger partial charge in [0.25, 0.3) is 0 Å². The van der Waals surface area contributed by atoms with Gasteiger partial charge in [-0.25, -0.2) is 4.79 Å². The summed E-state index contributed by atoms with van der Waals surface area (Å²) in [7, 11) is 2.00. The zero-order valence-corrected chi connectivity index (χ0v) is 8.32. The summed E-state index contributed by atoms with van der Waals surface area (Å²) in [6.45, 7) is 3.47. The number of hydrogen-bond acceptors (Lipinski definition) is 3. The lowest BCUT2D eigenvalue weighted by Crippen LogP contribution is -2.31. The van der Waals surface area contributed by atoms with E-state index in [4.69, 9.17) is 5.11 Å². The third-order valence-corrected chi connectivity index (χ3v) is 2.63. The maximum atomic E-state index is 10.8. The molecule has 0 unspecified atom stereocenters. The second-order valence-corrected chi connectivity index (χ2v) is 3.70. The summed E-state index contributed by atoms with van der Waals surface area (Å²) in [6, 6.07) is 0. The first-order valence-corrected chi connectivity index (χ1v) is 4.57. The average Bonchev–Trinajstić information content (AvgIpc) is 2.43. The molecule has 1 aliphatic heterocycles. The van der Waals surface area contributed by atoms with E-state index in [1.54, 1.807) is 4.68 Å². The fourth-order valence-electron chi connectivity index (χ4n) is 1.82. The van der Waals surface area contributed by atoms with Crippen molar-refractivity contribution in [3.8, 4) is 0 Å². The zero-order chi connectivity index (χ0) is 10.3. The third-order valence-electron chi connectivity index (χ3n) is 2.63. The summed E-state index contributed by atoms with van der Waals surface area (Å²) < 4.78 is 1.78. The van der Waals surface area contributed by atoms with Gasteiger partial charge in [-0.2, -0.15) is 5.10 Å². The number of nitrogens with zero attached hydrogens (tertiary/aromatic N) is 3.